The van der Waals surface area contributed by atoms with Gasteiger partial charge >= 0.3 is 11.6 Å². The number of aliphatic hydroxyl groups excluding tert-OH is 1. The van der Waals surface area contributed by atoms with Crippen LogP contribution in [0.1, 0.15) is 17.5 Å². The zero-order valence-corrected chi connectivity index (χ0v) is 22.7. The third-order valence-electron chi connectivity index (χ3n) is 7.42. The summed E-state index contributed by atoms with van der Waals surface area (Å²) >= 11 is 0. The van der Waals surface area contributed by atoms with Gasteiger partial charge in [0.1, 0.15) is 35.5 Å². The lowest BCUT2D eigenvalue weighted by Crippen LogP contribution is -2.35. The van der Waals surface area contributed by atoms with Crippen LogP contribution in [0.25, 0.3) is 21.7 Å². The van der Waals surface area contributed by atoms with E-state index in [4.69, 9.17) is 13.9 Å². The lowest BCUT2D eigenvalue weighted by molar-refractivity contribution is -0.384. The summed E-state index contributed by atoms with van der Waals surface area (Å²) in [4.78, 5) is 36.8. The smallest absolute Gasteiger partial charge is 0.339 e. The highest BCUT2D eigenvalue weighted by atomic mass is 16.6. The standard InChI is InChI=1S/C32H26N2O9/c35-23-13-27(32(37)38)33(17-23)16-21-8-10-24(41-18-19-4-3-6-22(12-19)34(39)40)14-28(21)42-29-15-30(36)43-31-25-7-2-1-5-20(25)9-11-26(29)31/h1-12,14-15,23,27,35H,13,16-18H2,(H,37,38)/t23-,27+/m1/s1. The van der Waals surface area contributed by atoms with Gasteiger partial charge in [0.25, 0.3) is 5.69 Å². The Morgan fingerprint density at radius 1 is 1.00 bits per heavy atom. The fourth-order valence-corrected chi connectivity index (χ4v) is 5.37. The van der Waals surface area contributed by atoms with Gasteiger partial charge in [-0.1, -0.05) is 48.5 Å². The minimum Gasteiger partial charge on any atom is -0.489 e. The van der Waals surface area contributed by atoms with E-state index in [1.807, 2.05) is 30.3 Å². The Labute approximate surface area is 244 Å². The molecule has 0 spiro atoms. The van der Waals surface area contributed by atoms with Gasteiger partial charge in [-0.05, 0) is 23.1 Å². The highest BCUT2D eigenvalue weighted by Crippen LogP contribution is 2.37. The first-order valence-electron chi connectivity index (χ1n) is 13.5. The number of nitrogens with zero attached hydrogens (tertiary/aromatic N) is 2. The van der Waals surface area contributed by atoms with E-state index < -0.39 is 28.7 Å². The number of β-amino-alcohol motifs (C(OH)–C–C–N with tert-alkyl or cyclic N) is 1. The maximum absolute atomic E-state index is 12.6. The van der Waals surface area contributed by atoms with Crippen LogP contribution in [0.4, 0.5) is 5.69 Å². The SMILES string of the molecule is O=C(O)[C@@H]1C[C@@H](O)CN1Cc1ccc(OCc2cccc([N+](=O)[O-])c2)cc1Oc1cc(=O)oc2c1ccc1ccccc12. The molecule has 43 heavy (non-hydrogen) atoms. The second-order valence-electron chi connectivity index (χ2n) is 10.4. The number of carbonyl (C=O) groups is 1. The number of likely N-dealkylation sites (tertiary alicyclic amines) is 1. The molecule has 5 aromatic rings. The van der Waals surface area contributed by atoms with Crippen LogP contribution in [0.15, 0.2) is 94.1 Å². The van der Waals surface area contributed by atoms with Crippen LogP contribution in [0.5, 0.6) is 17.2 Å². The predicted octanol–water partition coefficient (Wildman–Crippen LogP) is 5.25. The van der Waals surface area contributed by atoms with Gasteiger partial charge in [0.05, 0.1) is 22.5 Å². The average molecular weight is 583 g/mol. The molecule has 0 radical (unpaired) electrons. The van der Waals surface area contributed by atoms with Gasteiger partial charge in [0.2, 0.25) is 0 Å². The van der Waals surface area contributed by atoms with E-state index in [0.29, 0.717) is 33.6 Å². The molecule has 4 aromatic carbocycles. The van der Waals surface area contributed by atoms with Crippen molar-refractivity contribution < 1.29 is 33.8 Å². The molecule has 1 aliphatic rings. The van der Waals surface area contributed by atoms with E-state index in [1.54, 1.807) is 41.3 Å². The van der Waals surface area contributed by atoms with E-state index in [2.05, 4.69) is 0 Å². The van der Waals surface area contributed by atoms with E-state index >= 15 is 0 Å². The number of hydrogen-bond donors (Lipinski definition) is 2. The third kappa shape index (κ3) is 5.89. The molecule has 2 N–H and O–H groups in total. The van der Waals surface area contributed by atoms with Crippen LogP contribution >= 0.6 is 0 Å². The summed E-state index contributed by atoms with van der Waals surface area (Å²) in [7, 11) is 0. The molecule has 0 bridgehead atoms. The fraction of sp³-hybridized carbons (Fsp3) is 0.188. The molecule has 11 nitrogen and oxygen atoms in total. The molecule has 218 valence electrons. The van der Waals surface area contributed by atoms with Crippen molar-refractivity contribution in [1.82, 2.24) is 4.90 Å². The molecular weight excluding hydrogens is 556 g/mol. The summed E-state index contributed by atoms with van der Waals surface area (Å²) in [5.74, 6) is -0.0962. The maximum Gasteiger partial charge on any atom is 0.339 e. The molecule has 1 aromatic heterocycles. The number of ether oxygens (including phenoxy) is 2. The summed E-state index contributed by atoms with van der Waals surface area (Å²) in [5.41, 5.74) is 0.907. The molecule has 6 rings (SSSR count). The summed E-state index contributed by atoms with van der Waals surface area (Å²) < 4.78 is 17.9. The Bertz CT molecular complexity index is 1920. The van der Waals surface area contributed by atoms with Crippen molar-refractivity contribution in [2.45, 2.75) is 31.7 Å². The lowest BCUT2D eigenvalue weighted by atomic mass is 10.1. The van der Waals surface area contributed by atoms with E-state index in [1.165, 1.54) is 18.2 Å². The van der Waals surface area contributed by atoms with Crippen LogP contribution in [0.3, 0.4) is 0 Å². The highest BCUT2D eigenvalue weighted by Gasteiger charge is 2.36. The average Bonchev–Trinajstić information content (AvgIpc) is 3.37. The van der Waals surface area contributed by atoms with E-state index in [9.17, 15) is 29.9 Å². The first kappa shape index (κ1) is 27.9. The summed E-state index contributed by atoms with van der Waals surface area (Å²) in [6, 6.07) is 22.7. The zero-order chi connectivity index (χ0) is 30.1. The number of aliphatic hydroxyl groups is 1. The van der Waals surface area contributed by atoms with Crippen LogP contribution in [0.2, 0.25) is 0 Å². The lowest BCUT2D eigenvalue weighted by Gasteiger charge is -2.23. The normalized spacial score (nSPS) is 16.9. The third-order valence-corrected chi connectivity index (χ3v) is 7.42. The van der Waals surface area contributed by atoms with Crippen molar-refractivity contribution in [2.75, 3.05) is 6.54 Å². The second kappa shape index (κ2) is 11.6. The van der Waals surface area contributed by atoms with Gasteiger partial charge in [-0.25, -0.2) is 4.79 Å². The Morgan fingerprint density at radius 3 is 2.65 bits per heavy atom. The largest absolute Gasteiger partial charge is 0.489 e. The summed E-state index contributed by atoms with van der Waals surface area (Å²) in [6.07, 6.45) is -0.674. The number of carboxylic acids is 1. The minimum atomic E-state index is -1.03. The molecule has 0 amide bonds. The first-order valence-corrected chi connectivity index (χ1v) is 13.5. The second-order valence-corrected chi connectivity index (χ2v) is 10.4. The van der Waals surface area contributed by atoms with Crippen molar-refractivity contribution in [2.24, 2.45) is 0 Å². The highest BCUT2D eigenvalue weighted by molar-refractivity contribution is 6.05. The number of nitro benzene ring substituents is 1. The summed E-state index contributed by atoms with van der Waals surface area (Å²) in [5, 5.41) is 33.2. The fourth-order valence-electron chi connectivity index (χ4n) is 5.37. The number of fused-ring (bicyclic) bond motifs is 3. The Balaban J connectivity index is 1.37. The predicted molar refractivity (Wildman–Crippen MR) is 156 cm³/mol. The first-order chi connectivity index (χ1) is 20.7. The van der Waals surface area contributed by atoms with Crippen LogP contribution in [0, 0.1) is 10.1 Å². The van der Waals surface area contributed by atoms with Crippen molar-refractivity contribution in [3.8, 4) is 17.2 Å². The maximum atomic E-state index is 12.6. The molecule has 11 heteroatoms. The Morgan fingerprint density at radius 2 is 1.84 bits per heavy atom. The molecule has 0 unspecified atom stereocenters. The van der Waals surface area contributed by atoms with E-state index in [0.717, 1.165) is 10.8 Å². The molecule has 2 heterocycles. The minimum absolute atomic E-state index is 0.0454. The van der Waals surface area contributed by atoms with Crippen molar-refractivity contribution in [3.63, 3.8) is 0 Å². The van der Waals surface area contributed by atoms with Gasteiger partial charge in [0, 0.05) is 48.7 Å². The van der Waals surface area contributed by atoms with Crippen molar-refractivity contribution in [1.29, 1.82) is 0 Å². The number of aliphatic carboxylic acids is 1. The molecule has 1 fully saturated rings. The molecule has 0 aliphatic carbocycles. The topological polar surface area (TPSA) is 153 Å². The number of carboxylic acid groups (broad SMARTS) is 1. The van der Waals surface area contributed by atoms with Crippen LogP contribution < -0.4 is 15.1 Å². The van der Waals surface area contributed by atoms with Gasteiger partial charge in [-0.2, -0.15) is 0 Å². The molecule has 0 saturated carbocycles. The van der Waals surface area contributed by atoms with Crippen LogP contribution in [-0.4, -0.2) is 44.7 Å². The molecule has 1 saturated heterocycles. The molecule has 1 aliphatic heterocycles. The Hall–Kier alpha value is -5.26. The molecule has 2 atom stereocenters. The molecular formula is C32H26N2O9. The summed E-state index contributed by atoms with van der Waals surface area (Å²) in [6.45, 7) is 0.367. The number of rotatable bonds is 9. The number of benzene rings is 4. The van der Waals surface area contributed by atoms with Crippen molar-refractivity contribution in [3.05, 3.63) is 117 Å². The van der Waals surface area contributed by atoms with Crippen molar-refractivity contribution >= 4 is 33.4 Å². The number of nitro groups is 1. The van der Waals surface area contributed by atoms with Gasteiger partial charge in [-0.15, -0.1) is 0 Å². The zero-order valence-electron chi connectivity index (χ0n) is 22.7. The number of non-ortho nitro benzene ring substituents is 1. The van der Waals surface area contributed by atoms with Gasteiger partial charge in [-0.3, -0.25) is 19.8 Å². The quantitative estimate of drug-likeness (QED) is 0.102. The van der Waals surface area contributed by atoms with Gasteiger partial charge in [0.15, 0.2) is 0 Å². The Kier molecular flexibility index (Phi) is 7.49. The van der Waals surface area contributed by atoms with Gasteiger partial charge < -0.3 is 24.1 Å². The number of hydrogen-bond acceptors (Lipinski definition) is 9. The monoisotopic (exact) mass is 582 g/mol. The van der Waals surface area contributed by atoms with Crippen LogP contribution in [-0.2, 0) is 17.9 Å². The van der Waals surface area contributed by atoms with E-state index in [-0.39, 0.29) is 37.6 Å².